The molecule has 0 bridgehead atoms. The third-order valence-electron chi connectivity index (χ3n) is 4.16. The number of hydrogen-bond acceptors (Lipinski definition) is 3. The van der Waals surface area contributed by atoms with Gasteiger partial charge in [-0.05, 0) is 50.1 Å². The molecule has 0 amide bonds. The minimum Gasteiger partial charge on any atom is -0.357 e. The van der Waals surface area contributed by atoms with Crippen LogP contribution in [0.4, 0.5) is 4.39 Å². The van der Waals surface area contributed by atoms with E-state index in [9.17, 15) is 4.39 Å². The molecule has 26 heavy (non-hydrogen) atoms. The molecule has 0 aliphatic carbocycles. The lowest BCUT2D eigenvalue weighted by Crippen LogP contribution is -2.38. The number of rotatable bonds is 5. The lowest BCUT2D eigenvalue weighted by molar-refractivity contribution is 0.607. The van der Waals surface area contributed by atoms with E-state index in [1.165, 1.54) is 0 Å². The molecule has 3 aromatic rings. The third-order valence-corrected chi connectivity index (χ3v) is 4.16. The standard InChI is InChI=1S/C19H23FN6/c1-4-21-19(23-14(3)15-9-8-13(2)16(20)11-15)22-12-18-25-24-17-7-5-6-10-26(17)18/h5-11,14H,4,12H2,1-3H3,(H2,21,22,23). The van der Waals surface area contributed by atoms with E-state index in [4.69, 9.17) is 0 Å². The molecule has 0 aliphatic heterocycles. The number of pyridine rings is 1. The summed E-state index contributed by atoms with van der Waals surface area (Å²) >= 11 is 0. The van der Waals surface area contributed by atoms with E-state index in [0.717, 1.165) is 23.6 Å². The Kier molecular flexibility index (Phi) is 5.46. The predicted molar refractivity (Wildman–Crippen MR) is 100 cm³/mol. The molecule has 3 rings (SSSR count). The quantitative estimate of drug-likeness (QED) is 0.546. The fourth-order valence-electron chi connectivity index (χ4n) is 2.64. The fraction of sp³-hybridized carbons (Fsp3) is 0.316. The van der Waals surface area contributed by atoms with Gasteiger partial charge in [-0.3, -0.25) is 4.40 Å². The Labute approximate surface area is 152 Å². The van der Waals surface area contributed by atoms with Crippen molar-refractivity contribution in [3.05, 3.63) is 65.4 Å². The molecular formula is C19H23FN6. The van der Waals surface area contributed by atoms with Crippen LogP contribution in [-0.2, 0) is 6.54 Å². The van der Waals surface area contributed by atoms with Crippen LogP contribution in [-0.4, -0.2) is 27.1 Å². The van der Waals surface area contributed by atoms with Crippen molar-refractivity contribution >= 4 is 11.6 Å². The molecule has 0 saturated carbocycles. The van der Waals surface area contributed by atoms with Gasteiger partial charge in [0.25, 0.3) is 0 Å². The van der Waals surface area contributed by atoms with Crippen LogP contribution >= 0.6 is 0 Å². The Bertz CT molecular complexity index is 917. The van der Waals surface area contributed by atoms with Crippen molar-refractivity contribution in [2.45, 2.75) is 33.4 Å². The zero-order valence-corrected chi connectivity index (χ0v) is 15.2. The maximum absolute atomic E-state index is 13.8. The van der Waals surface area contributed by atoms with E-state index in [2.05, 4.69) is 25.8 Å². The van der Waals surface area contributed by atoms with Crippen LogP contribution in [0.3, 0.4) is 0 Å². The molecule has 136 valence electrons. The van der Waals surface area contributed by atoms with Gasteiger partial charge in [0.2, 0.25) is 0 Å². The Morgan fingerprint density at radius 1 is 1.27 bits per heavy atom. The van der Waals surface area contributed by atoms with Gasteiger partial charge in [-0.15, -0.1) is 10.2 Å². The van der Waals surface area contributed by atoms with E-state index in [0.29, 0.717) is 18.1 Å². The number of halogens is 1. The van der Waals surface area contributed by atoms with Crippen molar-refractivity contribution in [1.29, 1.82) is 0 Å². The Morgan fingerprint density at radius 2 is 2.12 bits per heavy atom. The van der Waals surface area contributed by atoms with E-state index < -0.39 is 0 Å². The summed E-state index contributed by atoms with van der Waals surface area (Å²) in [6, 6.07) is 10.9. The minimum absolute atomic E-state index is 0.0851. The third kappa shape index (κ3) is 3.99. The van der Waals surface area contributed by atoms with Gasteiger partial charge in [0.05, 0.1) is 6.04 Å². The lowest BCUT2D eigenvalue weighted by atomic mass is 10.1. The van der Waals surface area contributed by atoms with Crippen molar-refractivity contribution in [2.24, 2.45) is 4.99 Å². The van der Waals surface area contributed by atoms with Crippen molar-refractivity contribution in [3.8, 4) is 0 Å². The van der Waals surface area contributed by atoms with Crippen LogP contribution in [0.2, 0.25) is 0 Å². The van der Waals surface area contributed by atoms with Crippen molar-refractivity contribution < 1.29 is 4.39 Å². The largest absolute Gasteiger partial charge is 0.357 e. The zero-order valence-electron chi connectivity index (χ0n) is 15.2. The maximum atomic E-state index is 13.8. The number of aryl methyl sites for hydroxylation is 1. The average Bonchev–Trinajstić information content (AvgIpc) is 3.05. The zero-order chi connectivity index (χ0) is 18.5. The van der Waals surface area contributed by atoms with Gasteiger partial charge in [0.15, 0.2) is 17.4 Å². The smallest absolute Gasteiger partial charge is 0.192 e. The molecule has 7 heteroatoms. The highest BCUT2D eigenvalue weighted by Gasteiger charge is 2.10. The molecule has 6 nitrogen and oxygen atoms in total. The summed E-state index contributed by atoms with van der Waals surface area (Å²) in [6.07, 6.45) is 1.91. The molecule has 2 heterocycles. The van der Waals surface area contributed by atoms with Gasteiger partial charge in [0, 0.05) is 12.7 Å². The first-order valence-corrected chi connectivity index (χ1v) is 8.68. The summed E-state index contributed by atoms with van der Waals surface area (Å²) in [7, 11) is 0. The van der Waals surface area contributed by atoms with Gasteiger partial charge in [0.1, 0.15) is 12.4 Å². The van der Waals surface area contributed by atoms with Gasteiger partial charge in [-0.1, -0.05) is 18.2 Å². The first kappa shape index (κ1) is 17.8. The van der Waals surface area contributed by atoms with Crippen molar-refractivity contribution in [1.82, 2.24) is 25.2 Å². The van der Waals surface area contributed by atoms with Gasteiger partial charge in [-0.25, -0.2) is 9.38 Å². The summed E-state index contributed by atoms with van der Waals surface area (Å²) in [5.41, 5.74) is 2.30. The number of fused-ring (bicyclic) bond motifs is 1. The molecule has 1 aromatic carbocycles. The van der Waals surface area contributed by atoms with E-state index >= 15 is 0 Å². The molecule has 2 aromatic heterocycles. The lowest BCUT2D eigenvalue weighted by Gasteiger charge is -2.18. The summed E-state index contributed by atoms with van der Waals surface area (Å²) in [5, 5.41) is 14.8. The van der Waals surface area contributed by atoms with E-state index in [1.54, 1.807) is 19.1 Å². The molecule has 0 radical (unpaired) electrons. The minimum atomic E-state index is -0.201. The summed E-state index contributed by atoms with van der Waals surface area (Å²) in [5.74, 6) is 1.20. The fourth-order valence-corrected chi connectivity index (χ4v) is 2.64. The Hall–Kier alpha value is -2.96. The van der Waals surface area contributed by atoms with Crippen LogP contribution in [0.5, 0.6) is 0 Å². The Balaban J connectivity index is 1.75. The Morgan fingerprint density at radius 3 is 2.88 bits per heavy atom. The molecule has 1 unspecified atom stereocenters. The molecular weight excluding hydrogens is 331 g/mol. The van der Waals surface area contributed by atoms with E-state index in [1.807, 2.05) is 48.7 Å². The van der Waals surface area contributed by atoms with Crippen LogP contribution in [0.1, 0.15) is 36.8 Å². The van der Waals surface area contributed by atoms with Crippen LogP contribution in [0, 0.1) is 12.7 Å². The predicted octanol–water partition coefficient (Wildman–Crippen LogP) is 2.99. The summed E-state index contributed by atoms with van der Waals surface area (Å²) < 4.78 is 15.7. The van der Waals surface area contributed by atoms with E-state index in [-0.39, 0.29) is 11.9 Å². The summed E-state index contributed by atoms with van der Waals surface area (Å²) in [4.78, 5) is 4.59. The van der Waals surface area contributed by atoms with Crippen molar-refractivity contribution in [2.75, 3.05) is 6.54 Å². The number of hydrogen-bond donors (Lipinski definition) is 2. The van der Waals surface area contributed by atoms with Gasteiger partial charge in [-0.2, -0.15) is 0 Å². The monoisotopic (exact) mass is 354 g/mol. The first-order valence-electron chi connectivity index (χ1n) is 8.68. The number of nitrogens with zero attached hydrogens (tertiary/aromatic N) is 4. The highest BCUT2D eigenvalue weighted by atomic mass is 19.1. The normalized spacial score (nSPS) is 13.0. The number of aromatic nitrogens is 3. The number of benzene rings is 1. The van der Waals surface area contributed by atoms with Crippen molar-refractivity contribution in [3.63, 3.8) is 0 Å². The molecule has 1 atom stereocenters. The first-order chi connectivity index (χ1) is 12.6. The topological polar surface area (TPSA) is 66.6 Å². The maximum Gasteiger partial charge on any atom is 0.192 e. The molecule has 0 spiro atoms. The highest BCUT2D eigenvalue weighted by molar-refractivity contribution is 5.80. The SMILES string of the molecule is CCNC(=NCc1nnc2ccccn12)NC(C)c1ccc(C)c(F)c1. The van der Waals surface area contributed by atoms with Crippen LogP contribution in [0.25, 0.3) is 5.65 Å². The molecule has 2 N–H and O–H groups in total. The summed E-state index contributed by atoms with van der Waals surface area (Å²) in [6.45, 7) is 6.84. The number of aliphatic imine (C=N–C) groups is 1. The second kappa shape index (κ2) is 7.95. The molecule has 0 aliphatic rings. The highest BCUT2D eigenvalue weighted by Crippen LogP contribution is 2.16. The number of guanidine groups is 1. The molecule has 0 saturated heterocycles. The van der Waals surface area contributed by atoms with Gasteiger partial charge >= 0.3 is 0 Å². The van der Waals surface area contributed by atoms with Gasteiger partial charge < -0.3 is 10.6 Å². The van der Waals surface area contributed by atoms with Crippen LogP contribution in [0.15, 0.2) is 47.6 Å². The van der Waals surface area contributed by atoms with Crippen LogP contribution < -0.4 is 10.6 Å². The molecule has 0 fully saturated rings. The second-order valence-electron chi connectivity index (χ2n) is 6.11. The number of nitrogens with one attached hydrogen (secondary N) is 2. The second-order valence-corrected chi connectivity index (χ2v) is 6.11. The average molecular weight is 354 g/mol.